The van der Waals surface area contributed by atoms with Crippen molar-refractivity contribution < 1.29 is 28.3 Å². The molecule has 1 aliphatic carbocycles. The molecule has 3 aromatic carbocycles. The molecule has 4 aromatic rings. The first-order chi connectivity index (χ1) is 19.7. The van der Waals surface area contributed by atoms with Crippen molar-refractivity contribution in [1.82, 2.24) is 5.16 Å². The number of aromatic hydroxyl groups is 1. The number of phenols is 1. The van der Waals surface area contributed by atoms with Crippen molar-refractivity contribution in [3.63, 3.8) is 0 Å². The molecule has 1 atom stereocenters. The third-order valence-corrected chi connectivity index (χ3v) is 7.40. The monoisotopic (exact) mass is 553 g/mol. The Balaban J connectivity index is 1.51. The molecular weight excluding hydrogens is 525 g/mol. The summed E-state index contributed by atoms with van der Waals surface area (Å²) < 4.78 is 26.9. The SMILES string of the molecule is CC1(C)CC(=O)C2=C(C1)Nc1c(O)cccc1N(C(=O)c1ccon1)C2c1ccc(OCc2ccccc2)cc1F. The second-order valence-corrected chi connectivity index (χ2v) is 11.0. The Kier molecular flexibility index (Phi) is 6.57. The summed E-state index contributed by atoms with van der Waals surface area (Å²) >= 11 is 0. The van der Waals surface area contributed by atoms with E-state index < -0.39 is 23.2 Å². The minimum atomic E-state index is -1.16. The fourth-order valence-electron chi connectivity index (χ4n) is 5.57. The van der Waals surface area contributed by atoms with E-state index in [1.165, 1.54) is 35.4 Å². The van der Waals surface area contributed by atoms with E-state index in [0.29, 0.717) is 17.9 Å². The largest absolute Gasteiger partial charge is 0.506 e. The van der Waals surface area contributed by atoms with Gasteiger partial charge in [-0.15, -0.1) is 0 Å². The highest BCUT2D eigenvalue weighted by Crippen LogP contribution is 2.51. The van der Waals surface area contributed by atoms with Crippen LogP contribution in [0, 0.1) is 11.2 Å². The minimum Gasteiger partial charge on any atom is -0.506 e. The Morgan fingerprint density at radius 2 is 1.93 bits per heavy atom. The zero-order chi connectivity index (χ0) is 28.7. The summed E-state index contributed by atoms with van der Waals surface area (Å²) in [5.74, 6) is -1.30. The number of allylic oxidation sites excluding steroid dienone is 1. The zero-order valence-corrected chi connectivity index (χ0v) is 22.6. The van der Waals surface area contributed by atoms with Gasteiger partial charge in [0.1, 0.15) is 35.9 Å². The maximum atomic E-state index is 16.1. The Morgan fingerprint density at radius 3 is 2.66 bits per heavy atom. The van der Waals surface area contributed by atoms with Crippen molar-refractivity contribution in [3.8, 4) is 11.5 Å². The van der Waals surface area contributed by atoms with Gasteiger partial charge in [0.2, 0.25) is 0 Å². The predicted molar refractivity (Wildman–Crippen MR) is 150 cm³/mol. The van der Waals surface area contributed by atoms with Crippen molar-refractivity contribution in [2.45, 2.75) is 39.3 Å². The number of hydrogen-bond acceptors (Lipinski definition) is 7. The van der Waals surface area contributed by atoms with Gasteiger partial charge in [-0.25, -0.2) is 4.39 Å². The summed E-state index contributed by atoms with van der Waals surface area (Å²) in [7, 11) is 0. The quantitative estimate of drug-likeness (QED) is 0.270. The highest BCUT2D eigenvalue weighted by Gasteiger charge is 2.45. The third kappa shape index (κ3) is 4.95. The molecule has 0 spiro atoms. The van der Waals surface area contributed by atoms with Gasteiger partial charge in [-0.05, 0) is 41.7 Å². The average Bonchev–Trinajstić information content (AvgIpc) is 3.43. The molecular formula is C32H28FN3O5. The molecule has 1 amide bonds. The average molecular weight is 554 g/mol. The van der Waals surface area contributed by atoms with Gasteiger partial charge in [-0.3, -0.25) is 14.5 Å². The first-order valence-corrected chi connectivity index (χ1v) is 13.3. The lowest BCUT2D eigenvalue weighted by Crippen LogP contribution is -2.40. The number of nitrogens with zero attached hydrogens (tertiary/aromatic N) is 2. The van der Waals surface area contributed by atoms with Crippen LogP contribution < -0.4 is 15.0 Å². The standard InChI is InChI=1S/C32H28FN3O5/c1-32(2)16-24-28(27(38)17-32)30(21-12-11-20(15-22(21)33)40-18-19-7-4-3-5-8-19)36(31(39)23-13-14-41-35-23)25-9-6-10-26(37)29(25)34-24/h3-15,30,34,37H,16-18H2,1-2H3. The molecule has 1 unspecified atom stereocenters. The van der Waals surface area contributed by atoms with Crippen LogP contribution in [-0.4, -0.2) is 22.0 Å². The number of carbonyl (C=O) groups excluding carboxylic acids is 2. The number of carbonyl (C=O) groups is 2. The number of Topliss-reactive ketones (excluding diaryl/α,β-unsaturated/α-hetero) is 1. The van der Waals surface area contributed by atoms with Crippen LogP contribution in [0.3, 0.4) is 0 Å². The molecule has 0 saturated carbocycles. The minimum absolute atomic E-state index is 0.0276. The second kappa shape index (κ2) is 10.2. The fraction of sp³-hybridized carbons (Fsp3) is 0.219. The van der Waals surface area contributed by atoms with Gasteiger partial charge in [-0.1, -0.05) is 55.4 Å². The molecule has 1 aromatic heterocycles. The lowest BCUT2D eigenvalue weighted by molar-refractivity contribution is -0.118. The molecule has 2 heterocycles. The molecule has 2 aliphatic rings. The zero-order valence-electron chi connectivity index (χ0n) is 22.6. The normalized spacial score (nSPS) is 17.8. The van der Waals surface area contributed by atoms with Crippen LogP contribution in [0.1, 0.15) is 54.3 Å². The highest BCUT2D eigenvalue weighted by molar-refractivity contribution is 6.11. The van der Waals surface area contributed by atoms with Gasteiger partial charge in [0.05, 0.1) is 11.7 Å². The lowest BCUT2D eigenvalue weighted by Gasteiger charge is -2.37. The number of phenolic OH excluding ortho intramolecular Hbond substituents is 1. The van der Waals surface area contributed by atoms with E-state index in [9.17, 15) is 14.7 Å². The summed E-state index contributed by atoms with van der Waals surface area (Å²) in [5.41, 5.74) is 1.91. The number of ketones is 1. The molecule has 0 bridgehead atoms. The molecule has 0 fully saturated rings. The molecule has 0 radical (unpaired) electrons. The Hall–Kier alpha value is -4.92. The summed E-state index contributed by atoms with van der Waals surface area (Å²) in [6.45, 7) is 4.19. The van der Waals surface area contributed by atoms with Gasteiger partial charge in [0, 0.05) is 35.4 Å². The number of rotatable bonds is 5. The van der Waals surface area contributed by atoms with E-state index >= 15 is 4.39 Å². The topological polar surface area (TPSA) is 105 Å². The summed E-state index contributed by atoms with van der Waals surface area (Å²) in [5, 5.41) is 17.9. The third-order valence-electron chi connectivity index (χ3n) is 7.40. The summed E-state index contributed by atoms with van der Waals surface area (Å²) in [6.07, 6.45) is 1.92. The number of amides is 1. The van der Waals surface area contributed by atoms with Crippen LogP contribution in [0.25, 0.3) is 0 Å². The van der Waals surface area contributed by atoms with Crippen molar-refractivity contribution in [1.29, 1.82) is 0 Å². The number of nitrogens with one attached hydrogen (secondary N) is 1. The number of benzene rings is 3. The van der Waals surface area contributed by atoms with Gasteiger partial charge < -0.3 is 19.7 Å². The number of anilines is 2. The number of para-hydroxylation sites is 1. The smallest absolute Gasteiger partial charge is 0.281 e. The molecule has 1 aliphatic heterocycles. The van der Waals surface area contributed by atoms with E-state index in [-0.39, 0.29) is 52.8 Å². The van der Waals surface area contributed by atoms with Crippen LogP contribution in [0.15, 0.2) is 94.9 Å². The molecule has 6 rings (SSSR count). The molecule has 0 saturated heterocycles. The van der Waals surface area contributed by atoms with Crippen LogP contribution >= 0.6 is 0 Å². The molecule has 9 heteroatoms. The van der Waals surface area contributed by atoms with Crippen LogP contribution in [0.2, 0.25) is 0 Å². The number of fused-ring (bicyclic) bond motifs is 1. The van der Waals surface area contributed by atoms with E-state index in [0.717, 1.165) is 5.56 Å². The molecule has 208 valence electrons. The molecule has 2 N–H and O–H groups in total. The Labute approximate surface area is 236 Å². The number of hydrogen-bond donors (Lipinski definition) is 2. The van der Waals surface area contributed by atoms with Crippen LogP contribution in [0.4, 0.5) is 15.8 Å². The van der Waals surface area contributed by atoms with Crippen molar-refractivity contribution in [2.75, 3.05) is 10.2 Å². The van der Waals surface area contributed by atoms with Crippen LogP contribution in [0.5, 0.6) is 11.5 Å². The lowest BCUT2D eigenvalue weighted by atomic mass is 9.73. The van der Waals surface area contributed by atoms with Crippen molar-refractivity contribution >= 4 is 23.1 Å². The first-order valence-electron chi connectivity index (χ1n) is 13.3. The predicted octanol–water partition coefficient (Wildman–Crippen LogP) is 6.56. The number of ether oxygens (including phenoxy) is 1. The summed E-state index contributed by atoms with van der Waals surface area (Å²) in [4.78, 5) is 29.2. The van der Waals surface area contributed by atoms with Crippen molar-refractivity contribution in [2.24, 2.45) is 5.41 Å². The summed E-state index contributed by atoms with van der Waals surface area (Å²) in [6, 6.07) is 18.9. The van der Waals surface area contributed by atoms with Gasteiger partial charge in [-0.2, -0.15) is 0 Å². The van der Waals surface area contributed by atoms with E-state index in [2.05, 4.69) is 10.5 Å². The molecule has 41 heavy (non-hydrogen) atoms. The first kappa shape index (κ1) is 26.3. The van der Waals surface area contributed by atoms with Crippen molar-refractivity contribution in [3.05, 3.63) is 113 Å². The maximum Gasteiger partial charge on any atom is 0.281 e. The number of aromatic nitrogens is 1. The van der Waals surface area contributed by atoms with E-state index in [4.69, 9.17) is 9.26 Å². The molecule has 8 nitrogen and oxygen atoms in total. The van der Waals surface area contributed by atoms with Gasteiger partial charge in [0.25, 0.3) is 5.91 Å². The second-order valence-electron chi connectivity index (χ2n) is 11.0. The number of halogens is 1. The highest BCUT2D eigenvalue weighted by atomic mass is 19.1. The maximum absolute atomic E-state index is 16.1. The van der Waals surface area contributed by atoms with Gasteiger partial charge >= 0.3 is 0 Å². The Morgan fingerprint density at radius 1 is 1.12 bits per heavy atom. The van der Waals surface area contributed by atoms with Gasteiger partial charge in [0.15, 0.2) is 11.5 Å². The Bertz CT molecular complexity index is 1660. The fourth-order valence-corrected chi connectivity index (χ4v) is 5.57. The van der Waals surface area contributed by atoms with Crippen LogP contribution in [-0.2, 0) is 11.4 Å². The van der Waals surface area contributed by atoms with E-state index in [1.54, 1.807) is 18.2 Å². The van der Waals surface area contributed by atoms with E-state index in [1.807, 2.05) is 44.2 Å².